The Hall–Kier alpha value is -2.16. The first-order valence-electron chi connectivity index (χ1n) is 6.43. The van der Waals surface area contributed by atoms with Crippen molar-refractivity contribution in [3.63, 3.8) is 0 Å². The normalized spacial score (nSPS) is 14.2. The summed E-state index contributed by atoms with van der Waals surface area (Å²) in [6.07, 6.45) is 5.55. The van der Waals surface area contributed by atoms with E-state index in [0.717, 1.165) is 6.54 Å². The molecule has 3 heteroatoms. The van der Waals surface area contributed by atoms with E-state index in [1.54, 1.807) is 30.3 Å². The van der Waals surface area contributed by atoms with Crippen molar-refractivity contribution < 1.29 is 9.59 Å². The van der Waals surface area contributed by atoms with E-state index >= 15 is 0 Å². The molecule has 0 atom stereocenters. The highest BCUT2D eigenvalue weighted by molar-refractivity contribution is 6.13. The second-order valence-corrected chi connectivity index (χ2v) is 4.49. The van der Waals surface area contributed by atoms with Crippen molar-refractivity contribution in [2.45, 2.75) is 13.3 Å². The molecule has 1 aromatic carbocycles. The summed E-state index contributed by atoms with van der Waals surface area (Å²) < 4.78 is 0. The summed E-state index contributed by atoms with van der Waals surface area (Å²) in [4.78, 5) is 26.1. The van der Waals surface area contributed by atoms with E-state index in [4.69, 9.17) is 0 Å². The van der Waals surface area contributed by atoms with E-state index in [0.29, 0.717) is 17.7 Å². The fourth-order valence-corrected chi connectivity index (χ4v) is 1.99. The zero-order chi connectivity index (χ0) is 13.7. The number of likely N-dealkylation sites (N-methyl/N-ethyl adjacent to an activating group) is 1. The topological polar surface area (TPSA) is 37.4 Å². The molecule has 2 rings (SSSR count). The van der Waals surface area contributed by atoms with Gasteiger partial charge in [-0.1, -0.05) is 36.4 Å². The molecule has 0 saturated heterocycles. The Morgan fingerprint density at radius 1 is 1.16 bits per heavy atom. The summed E-state index contributed by atoms with van der Waals surface area (Å²) in [5.74, 6) is -0.208. The maximum Gasteiger partial charge on any atom is 0.170 e. The minimum Gasteiger partial charge on any atom is -0.373 e. The summed E-state index contributed by atoms with van der Waals surface area (Å²) in [5.41, 5.74) is 1.30. The molecule has 0 radical (unpaired) electrons. The van der Waals surface area contributed by atoms with Crippen molar-refractivity contribution in [3.05, 3.63) is 59.8 Å². The molecule has 1 aromatic rings. The molecule has 0 N–H and O–H groups in total. The molecule has 0 aliphatic carbocycles. The van der Waals surface area contributed by atoms with Crippen molar-refractivity contribution >= 4 is 11.6 Å². The molecule has 0 spiro atoms. The van der Waals surface area contributed by atoms with E-state index in [1.807, 2.05) is 30.2 Å². The molecule has 98 valence electrons. The summed E-state index contributed by atoms with van der Waals surface area (Å²) in [7, 11) is 0. The van der Waals surface area contributed by atoms with Crippen LogP contribution in [0.1, 0.15) is 23.7 Å². The van der Waals surface area contributed by atoms with Gasteiger partial charge in [0, 0.05) is 24.2 Å². The van der Waals surface area contributed by atoms with E-state index in [9.17, 15) is 9.59 Å². The van der Waals surface area contributed by atoms with Crippen LogP contribution in [0.2, 0.25) is 0 Å². The lowest BCUT2D eigenvalue weighted by molar-refractivity contribution is -0.115. The zero-order valence-electron chi connectivity index (χ0n) is 11.0. The molecule has 1 aliphatic heterocycles. The SMILES string of the molecule is CCN1C=CC=C(C(=O)CC(=O)c2ccccc2)C1. The van der Waals surface area contributed by atoms with E-state index < -0.39 is 0 Å². The second kappa shape index (κ2) is 6.14. The van der Waals surface area contributed by atoms with E-state index in [-0.39, 0.29) is 18.0 Å². The lowest BCUT2D eigenvalue weighted by Gasteiger charge is -2.22. The van der Waals surface area contributed by atoms with Crippen LogP contribution in [0.4, 0.5) is 0 Å². The minimum absolute atomic E-state index is 0.0543. The van der Waals surface area contributed by atoms with Gasteiger partial charge in [0.25, 0.3) is 0 Å². The third-order valence-corrected chi connectivity index (χ3v) is 3.15. The molecule has 3 nitrogen and oxygen atoms in total. The lowest BCUT2D eigenvalue weighted by atomic mass is 10.00. The number of Topliss-reactive ketones (excluding diaryl/α,β-unsaturated/α-hetero) is 2. The average Bonchev–Trinajstić information content (AvgIpc) is 2.48. The third kappa shape index (κ3) is 3.41. The Morgan fingerprint density at radius 2 is 1.89 bits per heavy atom. The summed E-state index contributed by atoms with van der Waals surface area (Å²) in [6.45, 7) is 3.48. The number of hydrogen-bond donors (Lipinski definition) is 0. The van der Waals surface area contributed by atoms with Crippen LogP contribution in [0.15, 0.2) is 54.3 Å². The van der Waals surface area contributed by atoms with E-state index in [2.05, 4.69) is 0 Å². The Balaban J connectivity index is 2.00. The summed E-state index contributed by atoms with van der Waals surface area (Å²) in [6, 6.07) is 8.94. The number of carbonyl (C=O) groups excluding carboxylic acids is 2. The first kappa shape index (κ1) is 13.3. The van der Waals surface area contributed by atoms with Gasteiger partial charge in [0.2, 0.25) is 0 Å². The molecular formula is C16H17NO2. The molecule has 1 heterocycles. The maximum atomic E-state index is 12.1. The summed E-state index contributed by atoms with van der Waals surface area (Å²) in [5, 5.41) is 0. The van der Waals surface area contributed by atoms with Gasteiger partial charge < -0.3 is 4.90 Å². The highest BCUT2D eigenvalue weighted by Crippen LogP contribution is 2.12. The average molecular weight is 255 g/mol. The monoisotopic (exact) mass is 255 g/mol. The highest BCUT2D eigenvalue weighted by Gasteiger charge is 2.17. The molecule has 0 amide bonds. The fourth-order valence-electron chi connectivity index (χ4n) is 1.99. The van der Waals surface area contributed by atoms with Crippen molar-refractivity contribution in [2.24, 2.45) is 0 Å². The van der Waals surface area contributed by atoms with Gasteiger partial charge in [-0.25, -0.2) is 0 Å². The lowest BCUT2D eigenvalue weighted by Crippen LogP contribution is -2.26. The zero-order valence-corrected chi connectivity index (χ0v) is 11.0. The van der Waals surface area contributed by atoms with Crippen molar-refractivity contribution in [1.29, 1.82) is 0 Å². The first-order valence-corrected chi connectivity index (χ1v) is 6.43. The van der Waals surface area contributed by atoms with Gasteiger partial charge in [-0.2, -0.15) is 0 Å². The van der Waals surface area contributed by atoms with Crippen LogP contribution in [-0.2, 0) is 4.79 Å². The van der Waals surface area contributed by atoms with Gasteiger partial charge in [-0.3, -0.25) is 9.59 Å². The number of rotatable bonds is 5. The quantitative estimate of drug-likeness (QED) is 0.599. The summed E-state index contributed by atoms with van der Waals surface area (Å²) >= 11 is 0. The molecule has 1 aliphatic rings. The van der Waals surface area contributed by atoms with Gasteiger partial charge in [-0.05, 0) is 19.2 Å². The Bertz CT molecular complexity index is 529. The van der Waals surface area contributed by atoms with Crippen LogP contribution in [0.5, 0.6) is 0 Å². The van der Waals surface area contributed by atoms with Crippen molar-refractivity contribution in [2.75, 3.05) is 13.1 Å². The highest BCUT2D eigenvalue weighted by atomic mass is 16.1. The number of benzene rings is 1. The standard InChI is InChI=1S/C16H17NO2/c1-2-17-10-6-9-14(12-17)16(19)11-15(18)13-7-4-3-5-8-13/h3-10H,2,11-12H2,1H3. The van der Waals surface area contributed by atoms with Crippen LogP contribution in [0.3, 0.4) is 0 Å². The molecule has 19 heavy (non-hydrogen) atoms. The van der Waals surface area contributed by atoms with Crippen LogP contribution >= 0.6 is 0 Å². The van der Waals surface area contributed by atoms with E-state index in [1.165, 1.54) is 0 Å². The Kier molecular flexibility index (Phi) is 4.29. The van der Waals surface area contributed by atoms with Crippen LogP contribution in [-0.4, -0.2) is 29.6 Å². The van der Waals surface area contributed by atoms with Gasteiger partial charge in [0.05, 0.1) is 6.42 Å². The molecule has 0 saturated carbocycles. The van der Waals surface area contributed by atoms with Gasteiger partial charge >= 0.3 is 0 Å². The molecule has 0 bridgehead atoms. The number of ketones is 2. The molecule has 0 aromatic heterocycles. The molecule has 0 unspecified atom stereocenters. The second-order valence-electron chi connectivity index (χ2n) is 4.49. The van der Waals surface area contributed by atoms with Gasteiger partial charge in [-0.15, -0.1) is 0 Å². The van der Waals surface area contributed by atoms with Crippen LogP contribution in [0.25, 0.3) is 0 Å². The number of allylic oxidation sites excluding steroid dienone is 2. The number of carbonyl (C=O) groups is 2. The maximum absolute atomic E-state index is 12.1. The Labute approximate surface area is 113 Å². The van der Waals surface area contributed by atoms with Crippen molar-refractivity contribution in [1.82, 2.24) is 4.90 Å². The van der Waals surface area contributed by atoms with Crippen LogP contribution < -0.4 is 0 Å². The predicted octanol–water partition coefficient (Wildman–Crippen LogP) is 2.60. The van der Waals surface area contributed by atoms with Crippen molar-refractivity contribution in [3.8, 4) is 0 Å². The molecule has 0 fully saturated rings. The minimum atomic E-state index is -0.121. The Morgan fingerprint density at radius 3 is 2.58 bits per heavy atom. The largest absolute Gasteiger partial charge is 0.373 e. The van der Waals surface area contributed by atoms with Gasteiger partial charge in [0.1, 0.15) is 0 Å². The first-order chi connectivity index (χ1) is 9.20. The number of nitrogens with zero attached hydrogens (tertiary/aromatic N) is 1. The van der Waals surface area contributed by atoms with Gasteiger partial charge in [0.15, 0.2) is 11.6 Å². The predicted molar refractivity (Wildman–Crippen MR) is 74.9 cm³/mol. The number of hydrogen-bond acceptors (Lipinski definition) is 3. The van der Waals surface area contributed by atoms with Crippen LogP contribution in [0, 0.1) is 0 Å². The smallest absolute Gasteiger partial charge is 0.170 e. The molecular weight excluding hydrogens is 238 g/mol. The fraction of sp³-hybridized carbons (Fsp3) is 0.250. The third-order valence-electron chi connectivity index (χ3n) is 3.15.